The van der Waals surface area contributed by atoms with E-state index in [0.717, 1.165) is 25.7 Å². The largest absolute Gasteiger partial charge is 0.465 e. The Bertz CT molecular complexity index is 160. The molecule has 0 unspecified atom stereocenters. The van der Waals surface area contributed by atoms with Gasteiger partial charge in [0.1, 0.15) is 0 Å². The van der Waals surface area contributed by atoms with Crippen LogP contribution in [0.2, 0.25) is 0 Å². The van der Waals surface area contributed by atoms with Crippen molar-refractivity contribution in [2.45, 2.75) is 44.2 Å². The molecule has 12 heavy (non-hydrogen) atoms. The molecule has 3 N–H and O–H groups in total. The third-order valence-electron chi connectivity index (χ3n) is 2.27. The van der Waals surface area contributed by atoms with E-state index in [1.807, 2.05) is 0 Å². The lowest BCUT2D eigenvalue weighted by atomic mass is 10.1. The molecular weight excluding hydrogens is 158 g/mol. The summed E-state index contributed by atoms with van der Waals surface area (Å²) in [6.07, 6.45) is 2.84. The summed E-state index contributed by atoms with van der Waals surface area (Å²) in [4.78, 5) is 10.3. The van der Waals surface area contributed by atoms with Crippen molar-refractivity contribution < 1.29 is 15.0 Å². The highest BCUT2D eigenvalue weighted by molar-refractivity contribution is 5.64. The topological polar surface area (TPSA) is 69.6 Å². The van der Waals surface area contributed by atoms with Crippen LogP contribution < -0.4 is 5.32 Å². The SMILES string of the molecule is O=C(O)N[C@H]1CCC[C@@H](O)CC1. The van der Waals surface area contributed by atoms with Gasteiger partial charge in [-0.3, -0.25) is 0 Å². The van der Waals surface area contributed by atoms with Gasteiger partial charge in [0.2, 0.25) is 0 Å². The van der Waals surface area contributed by atoms with Crippen LogP contribution in [0.3, 0.4) is 0 Å². The molecular formula is C8H15NO3. The summed E-state index contributed by atoms with van der Waals surface area (Å²) < 4.78 is 0. The zero-order valence-electron chi connectivity index (χ0n) is 6.99. The molecule has 0 heterocycles. The van der Waals surface area contributed by atoms with E-state index in [2.05, 4.69) is 5.32 Å². The number of nitrogens with one attached hydrogen (secondary N) is 1. The lowest BCUT2D eigenvalue weighted by molar-refractivity contribution is 0.155. The Balaban J connectivity index is 2.30. The number of aliphatic hydroxyl groups is 1. The summed E-state index contributed by atoms with van der Waals surface area (Å²) in [5, 5.41) is 20.2. The molecule has 0 spiro atoms. The summed E-state index contributed by atoms with van der Waals surface area (Å²) in [6.45, 7) is 0. The standard InChI is InChI=1S/C8H15NO3/c10-7-3-1-2-6(4-5-7)9-8(11)12/h6-7,9-10H,1-5H2,(H,11,12)/t6-,7+/m0/s1. The fourth-order valence-electron chi connectivity index (χ4n) is 1.60. The molecule has 2 atom stereocenters. The van der Waals surface area contributed by atoms with E-state index in [0.29, 0.717) is 6.42 Å². The van der Waals surface area contributed by atoms with Gasteiger partial charge < -0.3 is 15.5 Å². The fraction of sp³-hybridized carbons (Fsp3) is 0.875. The highest BCUT2D eigenvalue weighted by Gasteiger charge is 2.17. The van der Waals surface area contributed by atoms with Gasteiger partial charge in [0, 0.05) is 6.04 Å². The lowest BCUT2D eigenvalue weighted by Gasteiger charge is -2.12. The van der Waals surface area contributed by atoms with E-state index in [1.165, 1.54) is 0 Å². The average Bonchev–Trinajstić information content (AvgIpc) is 2.15. The van der Waals surface area contributed by atoms with Gasteiger partial charge >= 0.3 is 6.09 Å². The second kappa shape index (κ2) is 4.30. The average molecular weight is 173 g/mol. The lowest BCUT2D eigenvalue weighted by Crippen LogP contribution is -2.33. The van der Waals surface area contributed by atoms with Gasteiger partial charge in [-0.15, -0.1) is 0 Å². The van der Waals surface area contributed by atoms with Crippen molar-refractivity contribution in [2.75, 3.05) is 0 Å². The molecule has 1 saturated carbocycles. The van der Waals surface area contributed by atoms with Crippen molar-refractivity contribution in [3.63, 3.8) is 0 Å². The summed E-state index contributed by atoms with van der Waals surface area (Å²) in [5.74, 6) is 0. The Morgan fingerprint density at radius 2 is 2.00 bits per heavy atom. The second-order valence-electron chi connectivity index (χ2n) is 3.31. The third-order valence-corrected chi connectivity index (χ3v) is 2.27. The number of hydrogen-bond acceptors (Lipinski definition) is 2. The molecule has 1 rings (SSSR count). The first-order valence-corrected chi connectivity index (χ1v) is 4.36. The van der Waals surface area contributed by atoms with Gasteiger partial charge in [0.15, 0.2) is 0 Å². The maximum Gasteiger partial charge on any atom is 0.404 e. The molecule has 4 nitrogen and oxygen atoms in total. The molecule has 0 aromatic rings. The minimum Gasteiger partial charge on any atom is -0.465 e. The van der Waals surface area contributed by atoms with Crippen LogP contribution in [-0.4, -0.2) is 28.5 Å². The molecule has 0 aliphatic heterocycles. The first-order chi connectivity index (χ1) is 5.68. The summed E-state index contributed by atoms with van der Waals surface area (Å²) in [5.41, 5.74) is 0. The number of rotatable bonds is 1. The van der Waals surface area contributed by atoms with Gasteiger partial charge in [-0.1, -0.05) is 0 Å². The van der Waals surface area contributed by atoms with E-state index in [1.54, 1.807) is 0 Å². The van der Waals surface area contributed by atoms with Crippen LogP contribution in [0.5, 0.6) is 0 Å². The molecule has 1 aliphatic rings. The van der Waals surface area contributed by atoms with E-state index >= 15 is 0 Å². The predicted octanol–water partition coefficient (Wildman–Crippen LogP) is 0.948. The molecule has 0 saturated heterocycles. The molecule has 0 aromatic carbocycles. The van der Waals surface area contributed by atoms with Crippen LogP contribution in [0.15, 0.2) is 0 Å². The summed E-state index contributed by atoms with van der Waals surface area (Å²) in [7, 11) is 0. The number of carbonyl (C=O) groups is 1. The van der Waals surface area contributed by atoms with Crippen molar-refractivity contribution in [2.24, 2.45) is 0 Å². The Kier molecular flexibility index (Phi) is 3.34. The predicted molar refractivity (Wildman–Crippen MR) is 44.0 cm³/mol. The first-order valence-electron chi connectivity index (χ1n) is 4.36. The first kappa shape index (κ1) is 9.32. The Morgan fingerprint density at radius 3 is 2.67 bits per heavy atom. The van der Waals surface area contributed by atoms with Crippen molar-refractivity contribution in [3.8, 4) is 0 Å². The number of carboxylic acid groups (broad SMARTS) is 1. The number of aliphatic hydroxyl groups excluding tert-OH is 1. The Hall–Kier alpha value is -0.770. The Morgan fingerprint density at radius 1 is 1.25 bits per heavy atom. The monoisotopic (exact) mass is 173 g/mol. The molecule has 0 bridgehead atoms. The Labute approximate surface area is 71.6 Å². The minimum atomic E-state index is -0.962. The van der Waals surface area contributed by atoms with Crippen LogP contribution in [0.1, 0.15) is 32.1 Å². The summed E-state index contributed by atoms with van der Waals surface area (Å²) in [6, 6.07) is 0.0413. The van der Waals surface area contributed by atoms with Crippen LogP contribution >= 0.6 is 0 Å². The molecule has 4 heteroatoms. The smallest absolute Gasteiger partial charge is 0.404 e. The zero-order chi connectivity index (χ0) is 8.97. The van der Waals surface area contributed by atoms with Crippen LogP contribution in [-0.2, 0) is 0 Å². The highest BCUT2D eigenvalue weighted by Crippen LogP contribution is 2.17. The van der Waals surface area contributed by atoms with Crippen molar-refractivity contribution in [1.29, 1.82) is 0 Å². The van der Waals surface area contributed by atoms with Crippen LogP contribution in [0.4, 0.5) is 4.79 Å². The maximum atomic E-state index is 10.3. The molecule has 1 fully saturated rings. The fourth-order valence-corrected chi connectivity index (χ4v) is 1.60. The minimum absolute atomic E-state index is 0.0413. The van der Waals surface area contributed by atoms with E-state index in [-0.39, 0.29) is 12.1 Å². The second-order valence-corrected chi connectivity index (χ2v) is 3.31. The number of amides is 1. The molecule has 1 amide bonds. The molecule has 70 valence electrons. The quantitative estimate of drug-likeness (QED) is 0.517. The van der Waals surface area contributed by atoms with Crippen molar-refractivity contribution in [3.05, 3.63) is 0 Å². The van der Waals surface area contributed by atoms with E-state index < -0.39 is 6.09 Å². The van der Waals surface area contributed by atoms with Gasteiger partial charge in [0.05, 0.1) is 6.10 Å². The van der Waals surface area contributed by atoms with Crippen LogP contribution in [0.25, 0.3) is 0 Å². The molecule has 0 radical (unpaired) electrons. The molecule has 1 aliphatic carbocycles. The van der Waals surface area contributed by atoms with Gasteiger partial charge in [0.25, 0.3) is 0 Å². The van der Waals surface area contributed by atoms with Gasteiger partial charge in [-0.05, 0) is 32.1 Å². The third kappa shape index (κ3) is 3.09. The van der Waals surface area contributed by atoms with Crippen molar-refractivity contribution >= 4 is 6.09 Å². The normalized spacial score (nSPS) is 30.8. The van der Waals surface area contributed by atoms with E-state index in [4.69, 9.17) is 5.11 Å². The maximum absolute atomic E-state index is 10.3. The highest BCUT2D eigenvalue weighted by atomic mass is 16.4. The zero-order valence-corrected chi connectivity index (χ0v) is 6.99. The van der Waals surface area contributed by atoms with Gasteiger partial charge in [-0.2, -0.15) is 0 Å². The molecule has 0 aromatic heterocycles. The number of hydrogen-bond donors (Lipinski definition) is 3. The van der Waals surface area contributed by atoms with Crippen molar-refractivity contribution in [1.82, 2.24) is 5.32 Å². The van der Waals surface area contributed by atoms with E-state index in [9.17, 15) is 9.90 Å². The van der Waals surface area contributed by atoms with Crippen LogP contribution in [0, 0.1) is 0 Å². The summed E-state index contributed by atoms with van der Waals surface area (Å²) >= 11 is 0. The van der Waals surface area contributed by atoms with Gasteiger partial charge in [-0.25, -0.2) is 4.79 Å².